The van der Waals surface area contributed by atoms with Crippen LogP contribution in [0.2, 0.25) is 0 Å². The lowest BCUT2D eigenvalue weighted by molar-refractivity contribution is -0.274. The Morgan fingerprint density at radius 2 is 1.66 bits per heavy atom. The van der Waals surface area contributed by atoms with Crippen LogP contribution in [0.3, 0.4) is 0 Å². The number of aryl methyl sites for hydroxylation is 1. The molecule has 0 amide bonds. The van der Waals surface area contributed by atoms with Gasteiger partial charge in [-0.1, -0.05) is 54.6 Å². The Labute approximate surface area is 202 Å². The summed E-state index contributed by atoms with van der Waals surface area (Å²) in [5, 5.41) is 8.98. The lowest BCUT2D eigenvalue weighted by Gasteiger charge is -2.15. The van der Waals surface area contributed by atoms with E-state index in [9.17, 15) is 18.0 Å². The van der Waals surface area contributed by atoms with E-state index in [0.29, 0.717) is 23.1 Å². The molecule has 0 saturated carbocycles. The summed E-state index contributed by atoms with van der Waals surface area (Å²) in [7, 11) is 1.32. The average molecular weight is 479 g/mol. The van der Waals surface area contributed by atoms with Crippen LogP contribution >= 0.6 is 0 Å². The van der Waals surface area contributed by atoms with Crippen molar-refractivity contribution < 1.29 is 27.4 Å². The molecule has 35 heavy (non-hydrogen) atoms. The van der Waals surface area contributed by atoms with Crippen molar-refractivity contribution in [1.29, 1.82) is 5.26 Å². The Kier molecular flexibility index (Phi) is 8.69. The summed E-state index contributed by atoms with van der Waals surface area (Å²) in [5.41, 5.74) is 3.39. The van der Waals surface area contributed by atoms with Crippen molar-refractivity contribution in [3.8, 4) is 11.8 Å². The highest BCUT2D eigenvalue weighted by Gasteiger charge is 2.31. The van der Waals surface area contributed by atoms with Crippen LogP contribution in [0.4, 0.5) is 13.2 Å². The number of carbonyl (C=O) groups is 1. The molecule has 0 spiro atoms. The first kappa shape index (κ1) is 25.6. The van der Waals surface area contributed by atoms with Gasteiger partial charge in [0, 0.05) is 5.56 Å². The predicted octanol–water partition coefficient (Wildman–Crippen LogP) is 6.75. The molecule has 0 heterocycles. The zero-order valence-corrected chi connectivity index (χ0v) is 19.1. The Hall–Kier alpha value is -4.05. The van der Waals surface area contributed by atoms with Crippen molar-refractivity contribution >= 4 is 12.0 Å². The second-order valence-electron chi connectivity index (χ2n) is 7.94. The maximum absolute atomic E-state index is 12.8. The fourth-order valence-corrected chi connectivity index (χ4v) is 3.64. The van der Waals surface area contributed by atoms with Crippen LogP contribution in [-0.2, 0) is 17.6 Å². The van der Waals surface area contributed by atoms with E-state index in [-0.39, 0.29) is 11.7 Å². The quantitative estimate of drug-likeness (QED) is 0.319. The number of esters is 1. The van der Waals surface area contributed by atoms with E-state index in [1.807, 2.05) is 30.3 Å². The number of nitrogens with zero attached hydrogens (tertiary/aromatic N) is 1. The molecule has 7 heteroatoms. The van der Waals surface area contributed by atoms with E-state index >= 15 is 0 Å². The third kappa shape index (κ3) is 8.04. The summed E-state index contributed by atoms with van der Waals surface area (Å²) in [6.45, 7) is 0. The van der Waals surface area contributed by atoms with Crippen LogP contribution in [-0.4, -0.2) is 19.4 Å². The number of hydrogen-bond donors (Lipinski definition) is 0. The number of para-hydroxylation sites is 1. The Balaban J connectivity index is 1.80. The lowest BCUT2D eigenvalue weighted by Crippen LogP contribution is -2.17. The fourth-order valence-electron chi connectivity index (χ4n) is 3.64. The Bertz CT molecular complexity index is 1190. The van der Waals surface area contributed by atoms with Crippen LogP contribution in [0.1, 0.15) is 39.0 Å². The van der Waals surface area contributed by atoms with Gasteiger partial charge in [0.15, 0.2) is 0 Å². The normalized spacial score (nSPS) is 12.2. The molecule has 180 valence electrons. The lowest BCUT2D eigenvalue weighted by atomic mass is 9.91. The van der Waals surface area contributed by atoms with Crippen molar-refractivity contribution in [2.45, 2.75) is 25.6 Å². The molecule has 0 aromatic heterocycles. The fraction of sp³-hybridized carbons (Fsp3) is 0.214. The first-order valence-corrected chi connectivity index (χ1v) is 11.0. The molecule has 3 aromatic rings. The number of ether oxygens (including phenoxy) is 2. The summed E-state index contributed by atoms with van der Waals surface area (Å²) >= 11 is 0. The highest BCUT2D eigenvalue weighted by atomic mass is 19.4. The summed E-state index contributed by atoms with van der Waals surface area (Å²) in [6, 6.07) is 22.5. The minimum absolute atomic E-state index is 0.00596. The maximum Gasteiger partial charge on any atom is 0.573 e. The monoisotopic (exact) mass is 479 g/mol. The highest BCUT2D eigenvalue weighted by molar-refractivity contribution is 5.89. The minimum atomic E-state index is -4.78. The third-order valence-corrected chi connectivity index (χ3v) is 5.45. The SMILES string of the molecule is COC(=O)c1ccc(CC(/C=C/c2ccccc2OC(F)(F)F)CCc2ccc(C#N)cc2)cc1. The number of alkyl halides is 3. The average Bonchev–Trinajstić information content (AvgIpc) is 2.85. The molecule has 0 aliphatic carbocycles. The van der Waals surface area contributed by atoms with Gasteiger partial charge >= 0.3 is 12.3 Å². The van der Waals surface area contributed by atoms with Gasteiger partial charge in [0.05, 0.1) is 24.3 Å². The van der Waals surface area contributed by atoms with E-state index in [2.05, 4.69) is 10.8 Å². The Morgan fingerprint density at radius 3 is 2.29 bits per heavy atom. The van der Waals surface area contributed by atoms with Gasteiger partial charge in [-0.05, 0) is 66.6 Å². The summed E-state index contributed by atoms with van der Waals surface area (Å²) in [6.07, 6.45) is 0.825. The maximum atomic E-state index is 12.8. The van der Waals surface area contributed by atoms with Gasteiger partial charge in [0.2, 0.25) is 0 Å². The predicted molar refractivity (Wildman–Crippen MR) is 127 cm³/mol. The van der Waals surface area contributed by atoms with E-state index in [0.717, 1.165) is 24.0 Å². The molecular weight excluding hydrogens is 455 g/mol. The minimum Gasteiger partial charge on any atom is -0.465 e. The smallest absolute Gasteiger partial charge is 0.465 e. The number of hydrogen-bond acceptors (Lipinski definition) is 4. The number of halogens is 3. The Morgan fingerprint density at radius 1 is 1.00 bits per heavy atom. The molecule has 0 radical (unpaired) electrons. The summed E-state index contributed by atoms with van der Waals surface area (Å²) in [4.78, 5) is 11.7. The molecule has 1 atom stereocenters. The van der Waals surface area contributed by atoms with Crippen molar-refractivity contribution in [3.05, 3.63) is 107 Å². The molecule has 3 aromatic carbocycles. The molecule has 4 nitrogen and oxygen atoms in total. The van der Waals surface area contributed by atoms with Gasteiger partial charge in [-0.3, -0.25) is 0 Å². The zero-order valence-electron chi connectivity index (χ0n) is 19.1. The van der Waals surface area contributed by atoms with E-state index in [1.54, 1.807) is 42.5 Å². The van der Waals surface area contributed by atoms with Crippen molar-refractivity contribution in [3.63, 3.8) is 0 Å². The second-order valence-corrected chi connectivity index (χ2v) is 7.94. The number of methoxy groups -OCH3 is 1. The van der Waals surface area contributed by atoms with Crippen molar-refractivity contribution in [2.24, 2.45) is 5.92 Å². The largest absolute Gasteiger partial charge is 0.573 e. The molecular formula is C28H24F3NO3. The first-order chi connectivity index (χ1) is 16.8. The van der Waals surface area contributed by atoms with Crippen LogP contribution in [0.5, 0.6) is 5.75 Å². The van der Waals surface area contributed by atoms with Crippen LogP contribution < -0.4 is 4.74 Å². The van der Waals surface area contributed by atoms with Crippen LogP contribution in [0, 0.1) is 17.2 Å². The molecule has 0 N–H and O–H groups in total. The van der Waals surface area contributed by atoms with E-state index < -0.39 is 12.3 Å². The first-order valence-electron chi connectivity index (χ1n) is 11.0. The van der Waals surface area contributed by atoms with Crippen molar-refractivity contribution in [2.75, 3.05) is 7.11 Å². The van der Waals surface area contributed by atoms with Gasteiger partial charge in [0.1, 0.15) is 5.75 Å². The molecule has 0 aliphatic rings. The van der Waals surface area contributed by atoms with Gasteiger partial charge in [-0.25, -0.2) is 4.79 Å². The number of carbonyl (C=O) groups excluding carboxylic acids is 1. The topological polar surface area (TPSA) is 59.3 Å². The molecule has 0 fully saturated rings. The van der Waals surface area contributed by atoms with Gasteiger partial charge in [0.25, 0.3) is 0 Å². The molecule has 0 saturated heterocycles. The number of allylic oxidation sites excluding steroid dienone is 1. The molecule has 3 rings (SSSR count). The van der Waals surface area contributed by atoms with Crippen molar-refractivity contribution in [1.82, 2.24) is 0 Å². The van der Waals surface area contributed by atoms with Gasteiger partial charge in [-0.2, -0.15) is 5.26 Å². The second kappa shape index (κ2) is 11.9. The van der Waals surface area contributed by atoms with Gasteiger partial charge in [-0.15, -0.1) is 13.2 Å². The highest BCUT2D eigenvalue weighted by Crippen LogP contribution is 2.28. The van der Waals surface area contributed by atoms with E-state index in [1.165, 1.54) is 19.2 Å². The molecule has 1 unspecified atom stereocenters. The standard InChI is InChI=1S/C28H24F3NO3/c1-34-27(33)25-16-13-22(14-17-25)18-21(9-6-20-7-10-23(19-32)11-8-20)12-15-24-4-2-3-5-26(24)35-28(29,30)31/h2-5,7-8,10-17,21H,6,9,18H2,1H3/b15-12+. The summed E-state index contributed by atoms with van der Waals surface area (Å²) < 4.78 is 47.2. The summed E-state index contributed by atoms with van der Waals surface area (Å²) in [5.74, 6) is -0.687. The molecule has 0 bridgehead atoms. The van der Waals surface area contributed by atoms with E-state index in [4.69, 9.17) is 10.00 Å². The number of nitriles is 1. The number of rotatable bonds is 9. The van der Waals surface area contributed by atoms with Crippen LogP contribution in [0.25, 0.3) is 6.08 Å². The zero-order chi connectivity index (χ0) is 25.3. The van der Waals surface area contributed by atoms with Crippen LogP contribution in [0.15, 0.2) is 78.9 Å². The molecule has 0 aliphatic heterocycles. The van der Waals surface area contributed by atoms with Gasteiger partial charge < -0.3 is 9.47 Å². The third-order valence-electron chi connectivity index (χ3n) is 5.45. The number of benzene rings is 3.